The van der Waals surface area contributed by atoms with Crippen molar-refractivity contribution < 1.29 is 9.59 Å². The number of hydrogen-bond donors (Lipinski definition) is 2. The van der Waals surface area contributed by atoms with Crippen molar-refractivity contribution in [2.75, 3.05) is 17.2 Å². The van der Waals surface area contributed by atoms with E-state index in [9.17, 15) is 9.59 Å². The Morgan fingerprint density at radius 1 is 1.10 bits per heavy atom. The summed E-state index contributed by atoms with van der Waals surface area (Å²) in [4.78, 5) is 24.8. The maximum atomic E-state index is 13.1. The number of nitrogens with zero attached hydrogens (tertiary/aromatic N) is 2. The van der Waals surface area contributed by atoms with Gasteiger partial charge < -0.3 is 10.6 Å². The minimum Gasteiger partial charge on any atom is -0.360 e. The second-order valence-electron chi connectivity index (χ2n) is 6.69. The number of ketones is 1. The first-order chi connectivity index (χ1) is 14.6. The third-order valence-electron chi connectivity index (χ3n) is 4.31. The molecular weight excluding hydrogens is 416 g/mol. The molecule has 1 aromatic heterocycles. The molecule has 2 aromatic carbocycles. The van der Waals surface area contributed by atoms with Gasteiger partial charge in [0.05, 0.1) is 0 Å². The Balaban J connectivity index is 1.77. The lowest BCUT2D eigenvalue weighted by Gasteiger charge is -2.16. The highest BCUT2D eigenvalue weighted by Crippen LogP contribution is 2.38. The van der Waals surface area contributed by atoms with Gasteiger partial charge in [0.15, 0.2) is 10.1 Å². The van der Waals surface area contributed by atoms with Gasteiger partial charge in [0.1, 0.15) is 5.25 Å². The number of benzene rings is 2. The largest absolute Gasteiger partial charge is 0.360 e. The summed E-state index contributed by atoms with van der Waals surface area (Å²) < 4.78 is 0.718. The molecule has 6 nitrogen and oxygen atoms in total. The van der Waals surface area contributed by atoms with Crippen LogP contribution in [0.25, 0.3) is 0 Å². The third-order valence-corrected chi connectivity index (χ3v) is 6.53. The number of anilines is 2. The molecule has 2 N–H and O–H groups in total. The molecule has 30 heavy (non-hydrogen) atoms. The number of carbonyl (C=O) groups is 2. The molecule has 0 fully saturated rings. The zero-order valence-corrected chi connectivity index (χ0v) is 18.6. The molecule has 0 spiro atoms. The number of aromatic nitrogens is 2. The first-order valence-corrected chi connectivity index (χ1v) is 11.5. The lowest BCUT2D eigenvalue weighted by Crippen LogP contribution is -2.19. The van der Waals surface area contributed by atoms with E-state index in [0.29, 0.717) is 11.3 Å². The Bertz CT molecular complexity index is 992. The van der Waals surface area contributed by atoms with Crippen molar-refractivity contribution in [3.63, 3.8) is 0 Å². The molecule has 0 saturated heterocycles. The lowest BCUT2D eigenvalue weighted by molar-refractivity contribution is -0.115. The predicted molar refractivity (Wildman–Crippen MR) is 123 cm³/mol. The molecule has 156 valence electrons. The molecule has 1 heterocycles. The quantitative estimate of drug-likeness (QED) is 0.249. The Morgan fingerprint density at radius 3 is 2.63 bits per heavy atom. The Labute approximate surface area is 184 Å². The van der Waals surface area contributed by atoms with E-state index in [0.717, 1.165) is 34.4 Å². The molecule has 1 amide bonds. The van der Waals surface area contributed by atoms with Crippen LogP contribution in [0.3, 0.4) is 0 Å². The van der Waals surface area contributed by atoms with E-state index in [1.54, 1.807) is 24.3 Å². The van der Waals surface area contributed by atoms with Crippen LogP contribution in [-0.4, -0.2) is 28.4 Å². The van der Waals surface area contributed by atoms with E-state index in [2.05, 4.69) is 27.8 Å². The zero-order valence-electron chi connectivity index (χ0n) is 16.9. The molecule has 0 aliphatic rings. The molecule has 8 heteroatoms. The average molecular weight is 441 g/mol. The fourth-order valence-corrected chi connectivity index (χ4v) is 4.70. The van der Waals surface area contributed by atoms with Gasteiger partial charge in [0.25, 0.3) is 0 Å². The second-order valence-corrected chi connectivity index (χ2v) is 9.02. The maximum absolute atomic E-state index is 13.1. The number of amides is 1. The Morgan fingerprint density at radius 2 is 1.90 bits per heavy atom. The highest BCUT2D eigenvalue weighted by Gasteiger charge is 2.24. The van der Waals surface area contributed by atoms with Gasteiger partial charge in [-0.25, -0.2) is 0 Å². The van der Waals surface area contributed by atoms with Crippen LogP contribution < -0.4 is 10.6 Å². The van der Waals surface area contributed by atoms with Crippen molar-refractivity contribution in [3.8, 4) is 0 Å². The average Bonchev–Trinajstić information content (AvgIpc) is 3.20. The van der Waals surface area contributed by atoms with Gasteiger partial charge in [-0.2, -0.15) is 0 Å². The van der Waals surface area contributed by atoms with Crippen molar-refractivity contribution in [1.29, 1.82) is 0 Å². The van der Waals surface area contributed by atoms with Gasteiger partial charge >= 0.3 is 0 Å². The van der Waals surface area contributed by atoms with Gasteiger partial charge in [-0.15, -0.1) is 10.2 Å². The number of Topliss-reactive ketones (excluding diaryl/α,β-unsaturated/α-hetero) is 1. The zero-order chi connectivity index (χ0) is 21.3. The van der Waals surface area contributed by atoms with Gasteiger partial charge in [0.2, 0.25) is 11.0 Å². The number of nitrogens with one attached hydrogen (secondary N) is 2. The van der Waals surface area contributed by atoms with Crippen LogP contribution in [0.1, 0.15) is 47.9 Å². The number of hydrogen-bond acceptors (Lipinski definition) is 7. The van der Waals surface area contributed by atoms with Crippen LogP contribution in [-0.2, 0) is 4.79 Å². The Kier molecular flexibility index (Phi) is 7.98. The highest BCUT2D eigenvalue weighted by molar-refractivity contribution is 8.02. The normalized spacial score (nSPS) is 11.7. The smallest absolute Gasteiger partial charge is 0.242 e. The lowest BCUT2D eigenvalue weighted by atomic mass is 10.1. The van der Waals surface area contributed by atoms with Crippen LogP contribution in [0.5, 0.6) is 0 Å². The molecule has 1 atom stereocenters. The van der Waals surface area contributed by atoms with E-state index >= 15 is 0 Å². The summed E-state index contributed by atoms with van der Waals surface area (Å²) in [6.45, 7) is 4.49. The number of thioether (sulfide) groups is 1. The van der Waals surface area contributed by atoms with Gasteiger partial charge in [0, 0.05) is 17.8 Å². The SMILES string of the molecule is CCCCNc1nnc(SC(C(=O)Nc2cccc(C(C)=O)c2)c2ccccc2)s1. The summed E-state index contributed by atoms with van der Waals surface area (Å²) in [7, 11) is 0. The van der Waals surface area contributed by atoms with Gasteiger partial charge in [-0.3, -0.25) is 9.59 Å². The minimum absolute atomic E-state index is 0.0444. The van der Waals surface area contributed by atoms with Crippen molar-refractivity contribution in [1.82, 2.24) is 10.2 Å². The monoisotopic (exact) mass is 440 g/mol. The van der Waals surface area contributed by atoms with Gasteiger partial charge in [-0.05, 0) is 31.0 Å². The molecule has 1 unspecified atom stereocenters. The third kappa shape index (κ3) is 6.14. The van der Waals surface area contributed by atoms with E-state index in [4.69, 9.17) is 0 Å². The molecule has 0 aliphatic carbocycles. The summed E-state index contributed by atoms with van der Waals surface area (Å²) in [6, 6.07) is 16.5. The molecular formula is C22H24N4O2S2. The Hall–Kier alpha value is -2.71. The van der Waals surface area contributed by atoms with E-state index < -0.39 is 5.25 Å². The summed E-state index contributed by atoms with van der Waals surface area (Å²) >= 11 is 2.81. The second kappa shape index (κ2) is 10.9. The highest BCUT2D eigenvalue weighted by atomic mass is 32.2. The van der Waals surface area contributed by atoms with Crippen LogP contribution in [0.15, 0.2) is 58.9 Å². The standard InChI is InChI=1S/C22H24N4O2S2/c1-3-4-13-23-21-25-26-22(30-21)29-19(16-9-6-5-7-10-16)20(28)24-18-12-8-11-17(14-18)15(2)27/h5-12,14,19H,3-4,13H2,1-2H3,(H,23,25)(H,24,28). The molecule has 3 rings (SSSR count). The van der Waals surface area contributed by atoms with E-state index in [1.165, 1.54) is 30.0 Å². The minimum atomic E-state index is -0.497. The first-order valence-electron chi connectivity index (χ1n) is 9.77. The van der Waals surface area contributed by atoms with Crippen LogP contribution in [0.4, 0.5) is 10.8 Å². The van der Waals surface area contributed by atoms with E-state index in [-0.39, 0.29) is 11.7 Å². The predicted octanol–water partition coefficient (Wildman–Crippen LogP) is 5.42. The summed E-state index contributed by atoms with van der Waals surface area (Å²) in [6.07, 6.45) is 2.17. The first kappa shape index (κ1) is 22.0. The molecule has 0 radical (unpaired) electrons. The summed E-state index contributed by atoms with van der Waals surface area (Å²) in [5.74, 6) is -0.223. The summed E-state index contributed by atoms with van der Waals surface area (Å²) in [5, 5.41) is 14.9. The number of unbranched alkanes of at least 4 members (excludes halogenated alkanes) is 1. The molecule has 3 aromatic rings. The maximum Gasteiger partial charge on any atom is 0.242 e. The van der Waals surface area contributed by atoms with Crippen molar-refractivity contribution >= 4 is 45.6 Å². The fourth-order valence-electron chi connectivity index (χ4n) is 2.73. The van der Waals surface area contributed by atoms with Crippen LogP contribution in [0, 0.1) is 0 Å². The fraction of sp³-hybridized carbons (Fsp3) is 0.273. The van der Waals surface area contributed by atoms with E-state index in [1.807, 2.05) is 30.3 Å². The summed E-state index contributed by atoms with van der Waals surface area (Å²) in [5.41, 5.74) is 2.02. The van der Waals surface area contributed by atoms with Crippen molar-refractivity contribution in [2.24, 2.45) is 0 Å². The van der Waals surface area contributed by atoms with Crippen LogP contribution >= 0.6 is 23.1 Å². The topological polar surface area (TPSA) is 84.0 Å². The molecule has 0 bridgehead atoms. The van der Waals surface area contributed by atoms with Gasteiger partial charge in [-0.1, -0.05) is 78.9 Å². The van der Waals surface area contributed by atoms with Crippen molar-refractivity contribution in [2.45, 2.75) is 36.3 Å². The number of carbonyl (C=O) groups excluding carboxylic acids is 2. The molecule has 0 saturated carbocycles. The number of rotatable bonds is 10. The van der Waals surface area contributed by atoms with Crippen LogP contribution in [0.2, 0.25) is 0 Å². The van der Waals surface area contributed by atoms with Crippen molar-refractivity contribution in [3.05, 3.63) is 65.7 Å². The molecule has 0 aliphatic heterocycles.